The first-order valence-corrected chi connectivity index (χ1v) is 14.4. The van der Waals surface area contributed by atoms with Crippen molar-refractivity contribution in [3.05, 3.63) is 87.3 Å². The minimum absolute atomic E-state index is 0.00738. The van der Waals surface area contributed by atoms with E-state index in [1.165, 1.54) is 18.8 Å². The lowest BCUT2D eigenvalue weighted by molar-refractivity contribution is -0.183. The van der Waals surface area contributed by atoms with Gasteiger partial charge in [-0.25, -0.2) is 14.8 Å². The average Bonchev–Trinajstić information content (AvgIpc) is 3.63. The van der Waals surface area contributed by atoms with E-state index in [0.717, 1.165) is 27.0 Å². The van der Waals surface area contributed by atoms with Crippen LogP contribution in [0.4, 0.5) is 5.82 Å². The number of aromatic nitrogens is 5. The number of benzene rings is 2. The van der Waals surface area contributed by atoms with Gasteiger partial charge in [0.05, 0.1) is 18.6 Å². The normalized spacial score (nSPS) is 15.2. The molecule has 12 nitrogen and oxygen atoms in total. The molecule has 3 aromatic heterocycles. The Kier molecular flexibility index (Phi) is 9.22. The van der Waals surface area contributed by atoms with Crippen LogP contribution in [0.1, 0.15) is 17.5 Å². The molecule has 0 saturated heterocycles. The number of nitrogens with two attached hydrogens (primary N) is 1. The molecule has 0 aliphatic carbocycles. The molecule has 3 heterocycles. The number of ether oxygens (including phenoxy) is 2. The van der Waals surface area contributed by atoms with Crippen molar-refractivity contribution in [3.63, 3.8) is 0 Å². The third-order valence-electron chi connectivity index (χ3n) is 6.94. The van der Waals surface area contributed by atoms with Crippen LogP contribution >= 0.6 is 34.5 Å². The number of halogens is 2. The van der Waals surface area contributed by atoms with Crippen molar-refractivity contribution in [1.82, 2.24) is 24.5 Å². The summed E-state index contributed by atoms with van der Waals surface area (Å²) in [6, 6.07) is 17.2. The Morgan fingerprint density at radius 3 is 2.40 bits per heavy atom. The van der Waals surface area contributed by atoms with Crippen LogP contribution in [-0.2, 0) is 26.3 Å². The number of carboxylic acids is 1. The minimum Gasteiger partial charge on any atom is -0.479 e. The molecule has 0 aliphatic rings. The molecule has 0 spiro atoms. The number of rotatable bonds is 12. The van der Waals surface area contributed by atoms with Gasteiger partial charge in [0, 0.05) is 18.9 Å². The van der Waals surface area contributed by atoms with E-state index in [4.69, 9.17) is 38.4 Å². The fourth-order valence-electron chi connectivity index (χ4n) is 4.62. The van der Waals surface area contributed by atoms with Gasteiger partial charge in [-0.3, -0.25) is 4.57 Å². The van der Waals surface area contributed by atoms with Crippen molar-refractivity contribution in [2.45, 2.75) is 30.5 Å². The number of fused-ring (bicyclic) bond motifs is 1. The summed E-state index contributed by atoms with van der Waals surface area (Å²) in [5.74, 6) is -1.33. The summed E-state index contributed by atoms with van der Waals surface area (Å²) >= 11 is 13.1. The Morgan fingerprint density at radius 2 is 1.77 bits per heavy atom. The maximum Gasteiger partial charge on any atom is 0.342 e. The zero-order valence-electron chi connectivity index (χ0n) is 22.5. The molecule has 43 heavy (non-hydrogen) atoms. The highest BCUT2D eigenvalue weighted by Gasteiger charge is 2.45. The second kappa shape index (κ2) is 12.9. The first-order chi connectivity index (χ1) is 20.6. The number of nitrogen functional groups attached to an aromatic ring is 1. The monoisotopic (exact) mass is 644 g/mol. The number of thiazole rings is 1. The van der Waals surface area contributed by atoms with E-state index in [9.17, 15) is 20.1 Å². The maximum atomic E-state index is 12.9. The Morgan fingerprint density at radius 1 is 1.07 bits per heavy atom. The Bertz CT molecular complexity index is 1720. The van der Waals surface area contributed by atoms with Crippen LogP contribution in [0.2, 0.25) is 9.75 Å². The van der Waals surface area contributed by atoms with Crippen LogP contribution < -0.4 is 5.73 Å². The summed E-state index contributed by atoms with van der Waals surface area (Å²) in [7, 11) is 1.29. The molecule has 0 amide bonds. The van der Waals surface area contributed by atoms with E-state index in [1.54, 1.807) is 0 Å². The summed E-state index contributed by atoms with van der Waals surface area (Å²) in [6.07, 6.45) is -3.40. The SMILES string of the molecule is CO[C@H](COC(Cc1ccc(-c2ccccc2)cc1)(C(=O)O)c1csc(Cl)n1)[C@@H](O)[C@@H](O)n1cnc2c(N)nc(Cl)nc21. The molecular weight excluding hydrogens is 619 g/mol. The highest BCUT2D eigenvalue weighted by atomic mass is 35.5. The zero-order valence-corrected chi connectivity index (χ0v) is 24.9. The lowest BCUT2D eigenvalue weighted by Gasteiger charge is -2.32. The summed E-state index contributed by atoms with van der Waals surface area (Å²) in [6.45, 7) is -0.456. The molecule has 15 heteroatoms. The largest absolute Gasteiger partial charge is 0.479 e. The van der Waals surface area contributed by atoms with Crippen LogP contribution in [0, 0.1) is 0 Å². The lowest BCUT2D eigenvalue weighted by Crippen LogP contribution is -2.46. The molecule has 224 valence electrons. The highest BCUT2D eigenvalue weighted by molar-refractivity contribution is 7.14. The number of carbonyl (C=O) groups is 1. The molecule has 2 aromatic carbocycles. The third kappa shape index (κ3) is 6.33. The second-order valence-electron chi connectivity index (χ2n) is 9.55. The van der Waals surface area contributed by atoms with E-state index in [-0.39, 0.29) is 38.8 Å². The number of nitrogens with zero attached hydrogens (tertiary/aromatic N) is 5. The topological polar surface area (TPSA) is 179 Å². The number of hydrogen-bond acceptors (Lipinski definition) is 11. The lowest BCUT2D eigenvalue weighted by atomic mass is 9.90. The zero-order chi connectivity index (χ0) is 30.7. The van der Waals surface area contributed by atoms with E-state index in [2.05, 4.69) is 19.9 Å². The number of aliphatic hydroxyl groups is 2. The Labute approximate surface area is 259 Å². The molecule has 0 aliphatic heterocycles. The number of anilines is 1. The van der Waals surface area contributed by atoms with Gasteiger partial charge in [-0.15, -0.1) is 11.3 Å². The Hall–Kier alpha value is -3.69. The standard InChI is InChI=1S/C28H26Cl2N6O6S/c1-41-18(21(37)24(38)36-14-32-20-22(31)34-26(29)35-23(20)36)12-42-28(25(39)40,19-13-43-27(30)33-19)11-15-7-9-17(10-8-15)16-5-3-2-4-6-16/h2-10,13-14,18,21,24,37-38H,11-12H2,1H3,(H,39,40)(H2,31,34,35)/t18-,21-,24-,28?/m1/s1. The van der Waals surface area contributed by atoms with E-state index in [0.29, 0.717) is 5.56 Å². The number of imidazole rings is 1. The van der Waals surface area contributed by atoms with Crippen LogP contribution in [0.15, 0.2) is 66.3 Å². The van der Waals surface area contributed by atoms with Crippen molar-refractivity contribution in [2.75, 3.05) is 19.5 Å². The van der Waals surface area contributed by atoms with Gasteiger partial charge in [-0.2, -0.15) is 9.97 Å². The predicted molar refractivity (Wildman–Crippen MR) is 161 cm³/mol. The molecule has 0 bridgehead atoms. The minimum atomic E-state index is -2.00. The number of hydrogen-bond donors (Lipinski definition) is 4. The van der Waals surface area contributed by atoms with Gasteiger partial charge >= 0.3 is 5.97 Å². The molecule has 5 aromatic rings. The van der Waals surface area contributed by atoms with Crippen molar-refractivity contribution >= 4 is 57.5 Å². The van der Waals surface area contributed by atoms with Gasteiger partial charge in [0.2, 0.25) is 10.9 Å². The first-order valence-electron chi connectivity index (χ1n) is 12.8. The second-order valence-corrected chi connectivity index (χ2v) is 11.3. The van der Waals surface area contributed by atoms with Gasteiger partial charge in [-0.1, -0.05) is 66.2 Å². The molecule has 5 rings (SSSR count). The summed E-state index contributed by atoms with van der Waals surface area (Å²) in [4.78, 5) is 29.1. The van der Waals surface area contributed by atoms with Crippen LogP contribution in [0.5, 0.6) is 0 Å². The van der Waals surface area contributed by atoms with Crippen molar-refractivity contribution in [1.29, 1.82) is 0 Å². The predicted octanol–water partition coefficient (Wildman–Crippen LogP) is 3.95. The smallest absolute Gasteiger partial charge is 0.342 e. The molecular formula is C28H26Cl2N6O6S. The van der Waals surface area contributed by atoms with Crippen molar-refractivity contribution in [3.8, 4) is 11.1 Å². The highest BCUT2D eigenvalue weighted by Crippen LogP contribution is 2.35. The molecule has 4 atom stereocenters. The number of carboxylic acid groups (broad SMARTS) is 1. The van der Waals surface area contributed by atoms with Crippen LogP contribution in [-0.4, -0.2) is 71.7 Å². The van der Waals surface area contributed by atoms with Gasteiger partial charge < -0.3 is 30.5 Å². The van der Waals surface area contributed by atoms with Gasteiger partial charge in [-0.05, 0) is 28.3 Å². The van der Waals surface area contributed by atoms with Gasteiger partial charge in [0.1, 0.15) is 17.7 Å². The summed E-state index contributed by atoms with van der Waals surface area (Å²) < 4.78 is 12.8. The average molecular weight is 646 g/mol. The number of methoxy groups -OCH3 is 1. The number of aliphatic hydroxyl groups excluding tert-OH is 2. The molecule has 5 N–H and O–H groups in total. The fourth-order valence-corrected chi connectivity index (χ4v) is 5.62. The fraction of sp³-hybridized carbons (Fsp3) is 0.250. The number of aliphatic carboxylic acids is 1. The maximum absolute atomic E-state index is 12.9. The van der Waals surface area contributed by atoms with Crippen molar-refractivity contribution < 1.29 is 29.6 Å². The summed E-state index contributed by atoms with van der Waals surface area (Å²) in [5.41, 5.74) is 6.79. The van der Waals surface area contributed by atoms with E-state index >= 15 is 0 Å². The third-order valence-corrected chi connectivity index (χ3v) is 8.09. The van der Waals surface area contributed by atoms with Crippen molar-refractivity contribution in [2.24, 2.45) is 0 Å². The van der Waals surface area contributed by atoms with Crippen LogP contribution in [0.3, 0.4) is 0 Å². The van der Waals surface area contributed by atoms with E-state index in [1.807, 2.05) is 54.6 Å². The van der Waals surface area contributed by atoms with Crippen LogP contribution in [0.25, 0.3) is 22.3 Å². The van der Waals surface area contributed by atoms with Gasteiger partial charge in [0.15, 0.2) is 22.2 Å². The molecule has 0 radical (unpaired) electrons. The first kappa shape index (κ1) is 30.8. The quantitative estimate of drug-likeness (QED) is 0.144. The molecule has 1 unspecified atom stereocenters. The Balaban J connectivity index is 1.41. The van der Waals surface area contributed by atoms with E-state index < -0.39 is 36.6 Å². The molecule has 0 saturated carbocycles. The van der Waals surface area contributed by atoms with Gasteiger partial charge in [0.25, 0.3) is 0 Å². The molecule has 0 fully saturated rings. The summed E-state index contributed by atoms with van der Waals surface area (Å²) in [5, 5.41) is 34.0.